The van der Waals surface area contributed by atoms with Gasteiger partial charge in [-0.25, -0.2) is 0 Å². The second-order valence-corrected chi connectivity index (χ2v) is 6.24. The molecule has 0 aliphatic carbocycles. The molecule has 0 radical (unpaired) electrons. The number of carbonyl (C=O) groups is 1. The van der Waals surface area contributed by atoms with Gasteiger partial charge in [-0.2, -0.15) is 0 Å². The third-order valence-electron chi connectivity index (χ3n) is 3.80. The van der Waals surface area contributed by atoms with E-state index < -0.39 is 0 Å². The highest BCUT2D eigenvalue weighted by Crippen LogP contribution is 2.29. The molecule has 0 saturated heterocycles. The second-order valence-electron chi connectivity index (χ2n) is 6.24. The van der Waals surface area contributed by atoms with Crippen LogP contribution >= 0.6 is 0 Å². The SMILES string of the molecule is COc1cc(C(=O)Nc2ccc3[nH]c(C)cc3c2)ccc1OC(C)C. The van der Waals surface area contributed by atoms with E-state index in [1.54, 1.807) is 25.3 Å². The molecule has 5 heteroatoms. The molecule has 0 saturated carbocycles. The minimum absolute atomic E-state index is 0.0325. The Morgan fingerprint density at radius 2 is 1.88 bits per heavy atom. The van der Waals surface area contributed by atoms with Crippen LogP contribution in [0.1, 0.15) is 29.9 Å². The fourth-order valence-corrected chi connectivity index (χ4v) is 2.72. The first-order chi connectivity index (χ1) is 12.0. The Kier molecular flexibility index (Phi) is 4.65. The molecule has 1 heterocycles. The van der Waals surface area contributed by atoms with Crippen molar-refractivity contribution >= 4 is 22.5 Å². The molecule has 0 atom stereocenters. The molecule has 0 aliphatic rings. The first-order valence-electron chi connectivity index (χ1n) is 8.21. The number of aryl methyl sites for hydroxylation is 1. The third kappa shape index (κ3) is 3.76. The molecular formula is C20H22N2O3. The van der Waals surface area contributed by atoms with E-state index in [-0.39, 0.29) is 12.0 Å². The Morgan fingerprint density at radius 1 is 1.08 bits per heavy atom. The quantitative estimate of drug-likeness (QED) is 0.719. The number of methoxy groups -OCH3 is 1. The molecule has 3 rings (SSSR count). The van der Waals surface area contributed by atoms with Crippen LogP contribution in [0.5, 0.6) is 11.5 Å². The lowest BCUT2D eigenvalue weighted by Crippen LogP contribution is -2.12. The van der Waals surface area contributed by atoms with Crippen LogP contribution in [-0.4, -0.2) is 24.1 Å². The number of benzene rings is 2. The van der Waals surface area contributed by atoms with Crippen LogP contribution in [0, 0.1) is 6.92 Å². The summed E-state index contributed by atoms with van der Waals surface area (Å²) in [5, 5.41) is 3.99. The van der Waals surface area contributed by atoms with Crippen molar-refractivity contribution < 1.29 is 14.3 Å². The molecule has 0 spiro atoms. The molecule has 2 aromatic carbocycles. The highest BCUT2D eigenvalue weighted by atomic mass is 16.5. The highest BCUT2D eigenvalue weighted by Gasteiger charge is 2.13. The molecule has 25 heavy (non-hydrogen) atoms. The van der Waals surface area contributed by atoms with Crippen LogP contribution in [0.3, 0.4) is 0 Å². The molecule has 2 N–H and O–H groups in total. The van der Waals surface area contributed by atoms with Gasteiger partial charge >= 0.3 is 0 Å². The zero-order chi connectivity index (χ0) is 18.0. The zero-order valence-corrected chi connectivity index (χ0v) is 14.8. The lowest BCUT2D eigenvalue weighted by atomic mass is 10.1. The van der Waals surface area contributed by atoms with Crippen molar-refractivity contribution in [1.82, 2.24) is 4.98 Å². The predicted octanol–water partition coefficient (Wildman–Crippen LogP) is 4.52. The Bertz CT molecular complexity index is 912. The smallest absolute Gasteiger partial charge is 0.255 e. The summed E-state index contributed by atoms with van der Waals surface area (Å²) in [7, 11) is 1.56. The molecule has 3 aromatic rings. The van der Waals surface area contributed by atoms with Crippen molar-refractivity contribution in [3.8, 4) is 11.5 Å². The number of amides is 1. The molecule has 5 nitrogen and oxygen atoms in total. The molecule has 0 bridgehead atoms. The van der Waals surface area contributed by atoms with Crippen LogP contribution in [-0.2, 0) is 0 Å². The van der Waals surface area contributed by atoms with E-state index in [9.17, 15) is 4.79 Å². The van der Waals surface area contributed by atoms with Crippen molar-refractivity contribution in [2.75, 3.05) is 12.4 Å². The summed E-state index contributed by atoms with van der Waals surface area (Å²) in [5.74, 6) is 0.970. The minimum Gasteiger partial charge on any atom is -0.493 e. The van der Waals surface area contributed by atoms with Gasteiger partial charge in [0.2, 0.25) is 0 Å². The van der Waals surface area contributed by atoms with Crippen LogP contribution in [0.25, 0.3) is 10.9 Å². The Hall–Kier alpha value is -2.95. The zero-order valence-electron chi connectivity index (χ0n) is 14.8. The van der Waals surface area contributed by atoms with E-state index in [2.05, 4.69) is 10.3 Å². The number of hydrogen-bond donors (Lipinski definition) is 2. The Balaban J connectivity index is 1.81. The van der Waals surface area contributed by atoms with E-state index in [0.717, 1.165) is 22.3 Å². The average Bonchev–Trinajstić information content (AvgIpc) is 2.94. The van der Waals surface area contributed by atoms with Gasteiger partial charge in [0.15, 0.2) is 11.5 Å². The lowest BCUT2D eigenvalue weighted by Gasteiger charge is -2.14. The van der Waals surface area contributed by atoms with Crippen molar-refractivity contribution in [2.24, 2.45) is 0 Å². The number of carbonyl (C=O) groups excluding carboxylic acids is 1. The van der Waals surface area contributed by atoms with Gasteiger partial charge in [0.1, 0.15) is 0 Å². The minimum atomic E-state index is -0.194. The van der Waals surface area contributed by atoms with E-state index in [4.69, 9.17) is 9.47 Å². The average molecular weight is 338 g/mol. The number of aromatic nitrogens is 1. The van der Waals surface area contributed by atoms with Gasteiger partial charge in [0.05, 0.1) is 13.2 Å². The summed E-state index contributed by atoms with van der Waals surface area (Å²) in [4.78, 5) is 15.8. The summed E-state index contributed by atoms with van der Waals surface area (Å²) in [6.45, 7) is 5.89. The summed E-state index contributed by atoms with van der Waals surface area (Å²) < 4.78 is 11.0. The topological polar surface area (TPSA) is 63.3 Å². The highest BCUT2D eigenvalue weighted by molar-refractivity contribution is 6.05. The van der Waals surface area contributed by atoms with E-state index in [1.165, 1.54) is 0 Å². The van der Waals surface area contributed by atoms with Gasteiger partial charge in [0.25, 0.3) is 5.91 Å². The Labute approximate surface area is 147 Å². The summed E-state index contributed by atoms with van der Waals surface area (Å²) in [6, 6.07) is 13.0. The largest absolute Gasteiger partial charge is 0.493 e. The molecule has 1 amide bonds. The van der Waals surface area contributed by atoms with Crippen LogP contribution in [0.15, 0.2) is 42.5 Å². The van der Waals surface area contributed by atoms with Crippen molar-refractivity contribution in [2.45, 2.75) is 26.9 Å². The number of hydrogen-bond acceptors (Lipinski definition) is 3. The Morgan fingerprint density at radius 3 is 2.60 bits per heavy atom. The molecule has 0 fully saturated rings. The number of H-pyrrole nitrogens is 1. The van der Waals surface area contributed by atoms with Gasteiger partial charge in [-0.05, 0) is 63.2 Å². The first kappa shape index (κ1) is 16.9. The van der Waals surface area contributed by atoms with E-state index in [1.807, 2.05) is 45.0 Å². The second kappa shape index (κ2) is 6.89. The van der Waals surface area contributed by atoms with Crippen molar-refractivity contribution in [1.29, 1.82) is 0 Å². The maximum Gasteiger partial charge on any atom is 0.255 e. The van der Waals surface area contributed by atoms with E-state index in [0.29, 0.717) is 17.1 Å². The van der Waals surface area contributed by atoms with Gasteiger partial charge in [-0.1, -0.05) is 0 Å². The van der Waals surface area contributed by atoms with E-state index >= 15 is 0 Å². The van der Waals surface area contributed by atoms with Gasteiger partial charge in [-0.3, -0.25) is 4.79 Å². The molecule has 1 aromatic heterocycles. The molecule has 0 unspecified atom stereocenters. The van der Waals surface area contributed by atoms with Gasteiger partial charge in [-0.15, -0.1) is 0 Å². The fourth-order valence-electron chi connectivity index (χ4n) is 2.72. The lowest BCUT2D eigenvalue weighted by molar-refractivity contribution is 0.102. The standard InChI is InChI=1S/C20H22N2O3/c1-12(2)25-18-8-5-14(11-19(18)24-4)20(23)22-16-6-7-17-15(10-16)9-13(3)21-17/h5-12,21H,1-4H3,(H,22,23). The number of fused-ring (bicyclic) bond motifs is 1. The third-order valence-corrected chi connectivity index (χ3v) is 3.80. The maximum absolute atomic E-state index is 12.5. The van der Waals surface area contributed by atoms with Crippen LogP contribution in [0.2, 0.25) is 0 Å². The maximum atomic E-state index is 12.5. The monoisotopic (exact) mass is 338 g/mol. The number of rotatable bonds is 5. The number of ether oxygens (including phenoxy) is 2. The van der Waals surface area contributed by atoms with Gasteiger partial charge in [0, 0.05) is 27.8 Å². The molecule has 0 aliphatic heterocycles. The van der Waals surface area contributed by atoms with Crippen molar-refractivity contribution in [3.05, 3.63) is 53.7 Å². The predicted molar refractivity (Wildman–Crippen MR) is 99.7 cm³/mol. The van der Waals surface area contributed by atoms with Crippen LogP contribution < -0.4 is 14.8 Å². The molecular weight excluding hydrogens is 316 g/mol. The molecule has 130 valence electrons. The van der Waals surface area contributed by atoms with Crippen molar-refractivity contribution in [3.63, 3.8) is 0 Å². The number of aromatic amines is 1. The fraction of sp³-hybridized carbons (Fsp3) is 0.250. The first-order valence-corrected chi connectivity index (χ1v) is 8.21. The normalized spacial score (nSPS) is 10.9. The number of anilines is 1. The summed E-state index contributed by atoms with van der Waals surface area (Å²) in [5.41, 5.74) is 3.40. The summed E-state index contributed by atoms with van der Waals surface area (Å²) in [6.07, 6.45) is 0.0325. The summed E-state index contributed by atoms with van der Waals surface area (Å²) >= 11 is 0. The van der Waals surface area contributed by atoms with Gasteiger partial charge < -0.3 is 19.8 Å². The van der Waals surface area contributed by atoms with Crippen LogP contribution in [0.4, 0.5) is 5.69 Å². The number of nitrogens with one attached hydrogen (secondary N) is 2.